The number of alkyl halides is 2. The number of carbonyl (C=O) groups is 1. The maximum Gasteiger partial charge on any atom is 0.329 e. The lowest BCUT2D eigenvalue weighted by atomic mass is 10.0. The predicted molar refractivity (Wildman–Crippen MR) is 88.9 cm³/mol. The quantitative estimate of drug-likeness (QED) is 0.535. The Morgan fingerprint density at radius 2 is 1.64 bits per heavy atom. The summed E-state index contributed by atoms with van der Waals surface area (Å²) in [4.78, 5) is 11.9. The lowest BCUT2D eigenvalue weighted by molar-refractivity contribution is 0.0385. The zero-order valence-corrected chi connectivity index (χ0v) is 13.4. The molecule has 0 aliphatic rings. The second-order valence-electron chi connectivity index (χ2n) is 4.50. The van der Waals surface area contributed by atoms with Gasteiger partial charge in [-0.05, 0) is 40.3 Å². The molecule has 2 nitrogen and oxygen atoms in total. The van der Waals surface area contributed by atoms with E-state index in [-0.39, 0.29) is 9.14 Å². The fourth-order valence-corrected chi connectivity index (χ4v) is 2.54. The third kappa shape index (κ3) is 3.77. The van der Waals surface area contributed by atoms with Gasteiger partial charge in [0.15, 0.2) is 0 Å². The molecule has 22 heavy (non-hydrogen) atoms. The number of allylic oxidation sites excluding steroid dienone is 1. The molecule has 0 aliphatic carbocycles. The number of Topliss-reactive ketones (excluding diaryl/α,β-unsaturated/α-hetero) is 1. The predicted octanol–water partition coefficient (Wildman–Crippen LogP) is 4.85. The fourth-order valence-electron chi connectivity index (χ4n) is 1.79. The minimum Gasteiger partial charge on any atom is -0.287 e. The number of nitrogens with zero attached hydrogens (tertiary/aromatic N) is 1. The Kier molecular flexibility index (Phi) is 5.03. The molecule has 0 amide bonds. The molecule has 0 unspecified atom stereocenters. The summed E-state index contributed by atoms with van der Waals surface area (Å²) in [6, 6.07) is 15.6. The molecule has 2 aromatic rings. The minimum absolute atomic E-state index is 0.0345. The Morgan fingerprint density at radius 3 is 2.18 bits per heavy atom. The molecule has 5 heteroatoms. The van der Waals surface area contributed by atoms with E-state index in [0.29, 0.717) is 17.2 Å². The van der Waals surface area contributed by atoms with E-state index in [1.165, 1.54) is 12.1 Å². The Morgan fingerprint density at radius 1 is 1.05 bits per heavy atom. The molecule has 2 rings (SSSR count). The van der Waals surface area contributed by atoms with Gasteiger partial charge in [-0.3, -0.25) is 4.79 Å². The highest BCUT2D eigenvalue weighted by atomic mass is 127. The largest absolute Gasteiger partial charge is 0.329 e. The summed E-state index contributed by atoms with van der Waals surface area (Å²) in [5.41, 5.74) is 0.938. The highest BCUT2D eigenvalue weighted by Crippen LogP contribution is 2.30. The topological polar surface area (TPSA) is 40.9 Å². The van der Waals surface area contributed by atoms with Crippen molar-refractivity contribution in [3.63, 3.8) is 0 Å². The van der Waals surface area contributed by atoms with Crippen LogP contribution in [0.4, 0.5) is 8.78 Å². The average molecular weight is 409 g/mol. The standard InChI is InChI=1S/C17H10F2INO/c18-17(19,16(22)14-4-2-1-3-5-14)10-15(20)13-8-6-12(11-21)7-9-13/h1-10H/b15-10+. The summed E-state index contributed by atoms with van der Waals surface area (Å²) in [5.74, 6) is -4.83. The molecule has 0 spiro atoms. The molecule has 0 aromatic heterocycles. The van der Waals surface area contributed by atoms with Crippen molar-refractivity contribution in [2.24, 2.45) is 0 Å². The van der Waals surface area contributed by atoms with Gasteiger partial charge in [0.1, 0.15) is 0 Å². The van der Waals surface area contributed by atoms with Crippen molar-refractivity contribution in [2.45, 2.75) is 5.92 Å². The van der Waals surface area contributed by atoms with E-state index >= 15 is 0 Å². The molecule has 110 valence electrons. The van der Waals surface area contributed by atoms with E-state index in [9.17, 15) is 13.6 Å². The van der Waals surface area contributed by atoms with Crippen molar-refractivity contribution in [1.82, 2.24) is 0 Å². The van der Waals surface area contributed by atoms with Crippen molar-refractivity contribution in [3.8, 4) is 6.07 Å². The molecule has 0 radical (unpaired) electrons. The second-order valence-corrected chi connectivity index (χ2v) is 5.66. The van der Waals surface area contributed by atoms with Crippen molar-refractivity contribution in [1.29, 1.82) is 5.26 Å². The van der Waals surface area contributed by atoms with Crippen LogP contribution in [0.5, 0.6) is 0 Å². The van der Waals surface area contributed by atoms with E-state index in [1.54, 1.807) is 65.1 Å². The van der Waals surface area contributed by atoms with Gasteiger partial charge >= 0.3 is 5.92 Å². The maximum absolute atomic E-state index is 14.1. The van der Waals surface area contributed by atoms with Gasteiger partial charge in [0.05, 0.1) is 11.6 Å². The fraction of sp³-hybridized carbons (Fsp3) is 0.0588. The maximum atomic E-state index is 14.1. The van der Waals surface area contributed by atoms with E-state index in [1.807, 2.05) is 6.07 Å². The Balaban J connectivity index is 2.29. The van der Waals surface area contributed by atoms with E-state index < -0.39 is 11.7 Å². The van der Waals surface area contributed by atoms with Crippen LogP contribution >= 0.6 is 22.6 Å². The molecule has 0 saturated heterocycles. The SMILES string of the molecule is N#Cc1ccc(/C(I)=C\C(F)(F)C(=O)c2ccccc2)cc1. The van der Waals surface area contributed by atoms with Gasteiger partial charge in [0.2, 0.25) is 5.78 Å². The number of ketones is 1. The Labute approximate surface area is 140 Å². The van der Waals surface area contributed by atoms with Gasteiger partial charge in [-0.15, -0.1) is 0 Å². The number of nitriles is 1. The van der Waals surface area contributed by atoms with Gasteiger partial charge < -0.3 is 0 Å². The number of hydrogen-bond donors (Lipinski definition) is 0. The second kappa shape index (κ2) is 6.79. The first-order chi connectivity index (χ1) is 10.4. The smallest absolute Gasteiger partial charge is 0.287 e. The molecule has 0 aliphatic heterocycles. The highest BCUT2D eigenvalue weighted by molar-refractivity contribution is 14.1. The minimum atomic E-state index is -3.59. The summed E-state index contributed by atoms with van der Waals surface area (Å²) in [7, 11) is 0. The number of halogens is 3. The number of benzene rings is 2. The van der Waals surface area contributed by atoms with E-state index in [2.05, 4.69) is 0 Å². The van der Waals surface area contributed by atoms with Crippen LogP contribution in [-0.4, -0.2) is 11.7 Å². The Hall–Kier alpha value is -2.07. The number of hydrogen-bond acceptors (Lipinski definition) is 2. The van der Waals surface area contributed by atoms with Gasteiger partial charge in [0, 0.05) is 15.2 Å². The molecule has 0 heterocycles. The molecular weight excluding hydrogens is 399 g/mol. The summed E-state index contributed by atoms with van der Waals surface area (Å²) < 4.78 is 28.4. The Bertz CT molecular complexity index is 746. The van der Waals surface area contributed by atoms with Crippen LogP contribution in [0.15, 0.2) is 60.7 Å². The first kappa shape index (κ1) is 16.3. The molecule has 0 N–H and O–H groups in total. The summed E-state index contributed by atoms with van der Waals surface area (Å²) in [6.07, 6.45) is 0.643. The van der Waals surface area contributed by atoms with Crippen LogP contribution in [0.25, 0.3) is 3.58 Å². The van der Waals surface area contributed by atoms with Crippen LogP contribution in [0.3, 0.4) is 0 Å². The molecule has 0 atom stereocenters. The third-order valence-corrected chi connectivity index (χ3v) is 3.87. The van der Waals surface area contributed by atoms with Crippen LogP contribution in [0, 0.1) is 11.3 Å². The molecule has 0 bridgehead atoms. The zero-order valence-electron chi connectivity index (χ0n) is 11.3. The van der Waals surface area contributed by atoms with Gasteiger partial charge in [0.25, 0.3) is 0 Å². The van der Waals surface area contributed by atoms with Crippen molar-refractivity contribution in [2.75, 3.05) is 0 Å². The van der Waals surface area contributed by atoms with Crippen LogP contribution in [0.1, 0.15) is 21.5 Å². The van der Waals surface area contributed by atoms with Crippen molar-refractivity contribution < 1.29 is 13.6 Å². The average Bonchev–Trinajstić information content (AvgIpc) is 2.54. The van der Waals surface area contributed by atoms with Crippen LogP contribution < -0.4 is 0 Å². The first-order valence-electron chi connectivity index (χ1n) is 6.30. The molecular formula is C17H10F2INO. The lowest BCUT2D eigenvalue weighted by Gasteiger charge is -2.12. The first-order valence-corrected chi connectivity index (χ1v) is 7.38. The third-order valence-electron chi connectivity index (χ3n) is 2.94. The monoisotopic (exact) mass is 409 g/mol. The summed E-state index contributed by atoms with van der Waals surface area (Å²) >= 11 is 1.76. The normalized spacial score (nSPS) is 11.8. The van der Waals surface area contributed by atoms with E-state index in [4.69, 9.17) is 5.26 Å². The van der Waals surface area contributed by atoms with Gasteiger partial charge in [-0.1, -0.05) is 42.5 Å². The van der Waals surface area contributed by atoms with E-state index in [0.717, 1.165) is 0 Å². The molecule has 0 fully saturated rings. The van der Waals surface area contributed by atoms with Crippen LogP contribution in [0.2, 0.25) is 0 Å². The van der Waals surface area contributed by atoms with Crippen LogP contribution in [-0.2, 0) is 0 Å². The summed E-state index contributed by atoms with van der Waals surface area (Å²) in [5, 5.41) is 8.72. The number of rotatable bonds is 4. The molecule has 0 saturated carbocycles. The zero-order chi connectivity index (χ0) is 16.2. The molecule has 2 aromatic carbocycles. The van der Waals surface area contributed by atoms with Gasteiger partial charge in [-0.25, -0.2) is 0 Å². The van der Waals surface area contributed by atoms with Crippen molar-refractivity contribution in [3.05, 3.63) is 77.4 Å². The highest BCUT2D eigenvalue weighted by Gasteiger charge is 2.37. The lowest BCUT2D eigenvalue weighted by Crippen LogP contribution is -2.26. The number of carbonyl (C=O) groups excluding carboxylic acids is 1. The van der Waals surface area contributed by atoms with Crippen molar-refractivity contribution >= 4 is 32.0 Å². The summed E-state index contributed by atoms with van der Waals surface area (Å²) in [6.45, 7) is 0. The van der Waals surface area contributed by atoms with Gasteiger partial charge in [-0.2, -0.15) is 14.0 Å².